The topological polar surface area (TPSA) is 34.6 Å². The zero-order chi connectivity index (χ0) is 22.2. The number of aromatic nitrogens is 1. The molecule has 1 aromatic heterocycles. The lowest BCUT2D eigenvalue weighted by molar-refractivity contribution is 0.255. The molecule has 1 aliphatic heterocycles. The molecule has 2 heterocycles. The third kappa shape index (κ3) is 3.39. The number of pyridine rings is 1. The van der Waals surface area contributed by atoms with Crippen LogP contribution < -0.4 is 9.47 Å². The molecule has 4 nitrogen and oxygen atoms in total. The SMILES string of the molecule is CCCN1CCc2c(c(-c3ccc(OC)c(OC)c3Cl)nc3ccc4ccccc4c23)C1. The van der Waals surface area contributed by atoms with Crippen LogP contribution in [0.5, 0.6) is 11.5 Å². The zero-order valence-electron chi connectivity index (χ0n) is 18.7. The molecule has 0 spiro atoms. The van der Waals surface area contributed by atoms with Gasteiger partial charge in [-0.15, -0.1) is 0 Å². The smallest absolute Gasteiger partial charge is 0.180 e. The Kier molecular flexibility index (Phi) is 5.66. The molecule has 164 valence electrons. The van der Waals surface area contributed by atoms with E-state index < -0.39 is 0 Å². The maximum atomic E-state index is 6.86. The minimum absolute atomic E-state index is 0.536. The lowest BCUT2D eigenvalue weighted by Gasteiger charge is -2.31. The molecule has 3 aromatic carbocycles. The number of ether oxygens (including phenoxy) is 2. The van der Waals surface area contributed by atoms with Gasteiger partial charge < -0.3 is 9.47 Å². The van der Waals surface area contributed by atoms with Crippen molar-refractivity contribution in [3.05, 3.63) is 64.7 Å². The highest BCUT2D eigenvalue weighted by molar-refractivity contribution is 6.35. The Morgan fingerprint density at radius 1 is 1.00 bits per heavy atom. The summed E-state index contributed by atoms with van der Waals surface area (Å²) in [7, 11) is 3.24. The Balaban J connectivity index is 1.82. The molecule has 5 heteroatoms. The normalized spacial score (nSPS) is 14.0. The average Bonchev–Trinajstić information content (AvgIpc) is 2.83. The van der Waals surface area contributed by atoms with E-state index in [4.69, 9.17) is 26.1 Å². The molecule has 0 bridgehead atoms. The Labute approximate surface area is 193 Å². The van der Waals surface area contributed by atoms with Crippen LogP contribution in [0.25, 0.3) is 32.9 Å². The molecule has 0 unspecified atom stereocenters. The molecule has 4 aromatic rings. The minimum atomic E-state index is 0.536. The first-order valence-electron chi connectivity index (χ1n) is 11.1. The van der Waals surface area contributed by atoms with Crippen molar-refractivity contribution in [1.82, 2.24) is 9.88 Å². The molecule has 0 fully saturated rings. The zero-order valence-corrected chi connectivity index (χ0v) is 19.5. The molecule has 0 saturated heterocycles. The number of rotatable bonds is 5. The molecule has 0 aliphatic carbocycles. The summed E-state index contributed by atoms with van der Waals surface area (Å²) >= 11 is 6.86. The van der Waals surface area contributed by atoms with Crippen LogP contribution in [-0.2, 0) is 13.0 Å². The first-order valence-corrected chi connectivity index (χ1v) is 11.5. The van der Waals surface area contributed by atoms with Gasteiger partial charge in [0.2, 0.25) is 0 Å². The van der Waals surface area contributed by atoms with Crippen molar-refractivity contribution in [3.8, 4) is 22.8 Å². The number of benzene rings is 3. The van der Waals surface area contributed by atoms with Crippen molar-refractivity contribution in [1.29, 1.82) is 0 Å². The molecule has 0 amide bonds. The van der Waals surface area contributed by atoms with Crippen molar-refractivity contribution >= 4 is 33.3 Å². The third-order valence-corrected chi connectivity index (χ3v) is 6.81. The molecule has 1 aliphatic rings. The lowest BCUT2D eigenvalue weighted by atomic mass is 9.89. The number of hydrogen-bond acceptors (Lipinski definition) is 4. The minimum Gasteiger partial charge on any atom is -0.493 e. The Morgan fingerprint density at radius 2 is 1.84 bits per heavy atom. The molecule has 32 heavy (non-hydrogen) atoms. The fourth-order valence-electron chi connectivity index (χ4n) is 4.97. The second-order valence-corrected chi connectivity index (χ2v) is 8.67. The standard InChI is InChI=1S/C27H27ClN2O2/c1-4-14-30-15-13-19-21(16-30)26(20-10-12-23(31-2)27(32-3)25(20)28)29-22-11-9-17-7-5-6-8-18(17)24(19)22/h5-12H,4,13-16H2,1-3H3. The number of fused-ring (bicyclic) bond motifs is 5. The summed E-state index contributed by atoms with van der Waals surface area (Å²) in [4.78, 5) is 7.70. The molecule has 0 radical (unpaired) electrons. The maximum Gasteiger partial charge on any atom is 0.180 e. The second kappa shape index (κ2) is 8.61. The van der Waals surface area contributed by atoms with Gasteiger partial charge in [-0.2, -0.15) is 0 Å². The quantitative estimate of drug-likeness (QED) is 0.328. The third-order valence-electron chi connectivity index (χ3n) is 6.43. The number of methoxy groups -OCH3 is 2. The van der Waals surface area contributed by atoms with E-state index in [0.29, 0.717) is 16.5 Å². The molecule has 0 N–H and O–H groups in total. The first kappa shape index (κ1) is 21.0. The van der Waals surface area contributed by atoms with Gasteiger partial charge in [0.25, 0.3) is 0 Å². The van der Waals surface area contributed by atoms with Gasteiger partial charge in [0.05, 0.1) is 30.5 Å². The van der Waals surface area contributed by atoms with E-state index >= 15 is 0 Å². The van der Waals surface area contributed by atoms with Crippen LogP contribution in [0.3, 0.4) is 0 Å². The van der Waals surface area contributed by atoms with E-state index in [9.17, 15) is 0 Å². The van der Waals surface area contributed by atoms with E-state index in [1.54, 1.807) is 14.2 Å². The Morgan fingerprint density at radius 3 is 2.62 bits per heavy atom. The van der Waals surface area contributed by atoms with E-state index in [1.807, 2.05) is 12.1 Å². The predicted molar refractivity (Wildman–Crippen MR) is 132 cm³/mol. The molecule has 0 saturated carbocycles. The van der Waals surface area contributed by atoms with Crippen molar-refractivity contribution in [3.63, 3.8) is 0 Å². The van der Waals surface area contributed by atoms with E-state index in [-0.39, 0.29) is 0 Å². The van der Waals surface area contributed by atoms with Crippen LogP contribution in [0.15, 0.2) is 48.5 Å². The predicted octanol–water partition coefficient (Wildman–Crippen LogP) is 6.49. The van der Waals surface area contributed by atoms with Crippen molar-refractivity contribution in [2.45, 2.75) is 26.3 Å². The lowest BCUT2D eigenvalue weighted by Crippen LogP contribution is -2.32. The number of halogens is 1. The van der Waals surface area contributed by atoms with Crippen LogP contribution in [-0.4, -0.2) is 37.2 Å². The Bertz CT molecular complexity index is 1320. The fraction of sp³-hybridized carbons (Fsp3) is 0.296. The number of nitrogens with zero attached hydrogens (tertiary/aromatic N) is 2. The van der Waals surface area contributed by atoms with Crippen LogP contribution in [0, 0.1) is 0 Å². The molecule has 5 rings (SSSR count). The van der Waals surface area contributed by atoms with Crippen molar-refractivity contribution < 1.29 is 9.47 Å². The van der Waals surface area contributed by atoms with Crippen LogP contribution in [0.4, 0.5) is 0 Å². The van der Waals surface area contributed by atoms with Crippen LogP contribution in [0.2, 0.25) is 5.02 Å². The highest BCUT2D eigenvalue weighted by Crippen LogP contribution is 2.44. The molecular formula is C27H27ClN2O2. The van der Waals surface area contributed by atoms with E-state index in [2.05, 4.69) is 48.2 Å². The summed E-state index contributed by atoms with van der Waals surface area (Å²) in [5.74, 6) is 1.16. The maximum absolute atomic E-state index is 6.86. The van der Waals surface area contributed by atoms with Gasteiger partial charge in [0.1, 0.15) is 0 Å². The summed E-state index contributed by atoms with van der Waals surface area (Å²) in [5, 5.41) is 4.32. The van der Waals surface area contributed by atoms with Crippen molar-refractivity contribution in [2.24, 2.45) is 0 Å². The van der Waals surface area contributed by atoms with Crippen molar-refractivity contribution in [2.75, 3.05) is 27.3 Å². The van der Waals surface area contributed by atoms with E-state index in [1.165, 1.54) is 27.3 Å². The average molecular weight is 447 g/mol. The van der Waals surface area contributed by atoms with Crippen LogP contribution in [0.1, 0.15) is 24.5 Å². The second-order valence-electron chi connectivity index (χ2n) is 8.29. The highest BCUT2D eigenvalue weighted by atomic mass is 35.5. The van der Waals surface area contributed by atoms with Gasteiger partial charge in [-0.1, -0.05) is 48.9 Å². The van der Waals surface area contributed by atoms with Gasteiger partial charge in [-0.3, -0.25) is 4.90 Å². The van der Waals surface area contributed by atoms with Gasteiger partial charge in [0, 0.05) is 24.0 Å². The van der Waals surface area contributed by atoms with Gasteiger partial charge in [0.15, 0.2) is 11.5 Å². The Hall–Kier alpha value is -2.82. The summed E-state index contributed by atoms with van der Waals surface area (Å²) in [6.45, 7) is 5.23. The molecular weight excluding hydrogens is 420 g/mol. The first-order chi connectivity index (χ1) is 15.7. The fourth-order valence-corrected chi connectivity index (χ4v) is 5.30. The monoisotopic (exact) mass is 446 g/mol. The van der Waals surface area contributed by atoms with Gasteiger partial charge >= 0.3 is 0 Å². The van der Waals surface area contributed by atoms with E-state index in [0.717, 1.165) is 49.2 Å². The summed E-state index contributed by atoms with van der Waals surface area (Å²) in [6, 6.07) is 16.8. The number of hydrogen-bond donors (Lipinski definition) is 0. The summed E-state index contributed by atoms with van der Waals surface area (Å²) < 4.78 is 11.0. The summed E-state index contributed by atoms with van der Waals surface area (Å²) in [5.41, 5.74) is 5.48. The van der Waals surface area contributed by atoms with Crippen LogP contribution >= 0.6 is 11.6 Å². The van der Waals surface area contributed by atoms with Gasteiger partial charge in [-0.05, 0) is 59.5 Å². The molecule has 0 atom stereocenters. The van der Waals surface area contributed by atoms with Gasteiger partial charge in [-0.25, -0.2) is 4.98 Å². The highest BCUT2D eigenvalue weighted by Gasteiger charge is 2.26. The largest absolute Gasteiger partial charge is 0.493 e. The summed E-state index contributed by atoms with van der Waals surface area (Å²) in [6.07, 6.45) is 2.13.